The maximum atomic E-state index is 12.8. The summed E-state index contributed by atoms with van der Waals surface area (Å²) in [6, 6.07) is 9.15. The van der Waals surface area contributed by atoms with Gasteiger partial charge < -0.3 is 4.42 Å². The minimum Gasteiger partial charge on any atom is -0.444 e. The molecule has 2 aromatic heterocycles. The molecule has 1 aromatic carbocycles. The van der Waals surface area contributed by atoms with E-state index >= 15 is 0 Å². The van der Waals surface area contributed by atoms with Crippen LogP contribution in [-0.2, 0) is 21.3 Å². The van der Waals surface area contributed by atoms with Crippen LogP contribution >= 0.6 is 11.3 Å². The first-order chi connectivity index (χ1) is 10.5. The SMILES string of the molecule is O=S(=O)(Cc1ccc(F)cc1)Cc1coc(-c2cccs2)n1. The number of hydrogen-bond donors (Lipinski definition) is 0. The van der Waals surface area contributed by atoms with Gasteiger partial charge in [0.1, 0.15) is 12.1 Å². The van der Waals surface area contributed by atoms with Crippen molar-refractivity contribution in [2.75, 3.05) is 0 Å². The van der Waals surface area contributed by atoms with Gasteiger partial charge in [-0.25, -0.2) is 17.8 Å². The highest BCUT2D eigenvalue weighted by Gasteiger charge is 2.17. The highest BCUT2D eigenvalue weighted by Crippen LogP contribution is 2.24. The van der Waals surface area contributed by atoms with Gasteiger partial charge in [-0.05, 0) is 29.1 Å². The Kier molecular flexibility index (Phi) is 4.08. The number of oxazole rings is 1. The lowest BCUT2D eigenvalue weighted by molar-refractivity contribution is 0.573. The fraction of sp³-hybridized carbons (Fsp3) is 0.133. The predicted molar refractivity (Wildman–Crippen MR) is 82.5 cm³/mol. The molecule has 2 heterocycles. The second-order valence-corrected chi connectivity index (χ2v) is 7.79. The molecule has 0 saturated carbocycles. The summed E-state index contributed by atoms with van der Waals surface area (Å²) in [5, 5.41) is 1.89. The summed E-state index contributed by atoms with van der Waals surface area (Å²) in [6.45, 7) is 0. The van der Waals surface area contributed by atoms with Crippen LogP contribution in [0.1, 0.15) is 11.3 Å². The molecule has 3 rings (SSSR count). The Morgan fingerprint density at radius 3 is 2.59 bits per heavy atom. The van der Waals surface area contributed by atoms with E-state index in [4.69, 9.17) is 4.42 Å². The average Bonchev–Trinajstić information content (AvgIpc) is 3.11. The number of hydrogen-bond acceptors (Lipinski definition) is 5. The topological polar surface area (TPSA) is 60.2 Å². The van der Waals surface area contributed by atoms with Gasteiger partial charge >= 0.3 is 0 Å². The third-order valence-electron chi connectivity index (χ3n) is 2.95. The molecule has 0 atom stereocenters. The number of nitrogens with zero attached hydrogens (tertiary/aromatic N) is 1. The molecule has 0 N–H and O–H groups in total. The maximum absolute atomic E-state index is 12.8. The monoisotopic (exact) mass is 337 g/mol. The van der Waals surface area contributed by atoms with E-state index in [1.807, 2.05) is 17.5 Å². The molecular weight excluding hydrogens is 325 g/mol. The van der Waals surface area contributed by atoms with Crippen LogP contribution in [0, 0.1) is 5.82 Å². The van der Waals surface area contributed by atoms with Gasteiger partial charge in [0, 0.05) is 0 Å². The molecule has 4 nitrogen and oxygen atoms in total. The molecule has 0 amide bonds. The van der Waals surface area contributed by atoms with Gasteiger partial charge in [0.05, 0.1) is 22.1 Å². The van der Waals surface area contributed by atoms with E-state index in [9.17, 15) is 12.8 Å². The molecule has 3 aromatic rings. The summed E-state index contributed by atoms with van der Waals surface area (Å²) in [7, 11) is -3.40. The van der Waals surface area contributed by atoms with Gasteiger partial charge in [-0.3, -0.25) is 0 Å². The standard InChI is InChI=1S/C15H12FNO3S2/c16-12-5-3-11(4-6-12)9-22(18,19)10-13-8-20-15(17-13)14-2-1-7-21-14/h1-8H,9-10H2. The molecule has 0 aliphatic heterocycles. The molecule has 0 unspecified atom stereocenters. The van der Waals surface area contributed by atoms with E-state index in [1.54, 1.807) is 0 Å². The molecule has 0 aliphatic rings. The molecule has 7 heteroatoms. The minimum atomic E-state index is -3.40. The van der Waals surface area contributed by atoms with Crippen LogP contribution in [0.5, 0.6) is 0 Å². The zero-order valence-electron chi connectivity index (χ0n) is 11.4. The summed E-state index contributed by atoms with van der Waals surface area (Å²) >= 11 is 1.47. The van der Waals surface area contributed by atoms with Crippen molar-refractivity contribution >= 4 is 21.2 Å². The van der Waals surface area contributed by atoms with Crippen molar-refractivity contribution in [3.05, 3.63) is 65.1 Å². The fourth-order valence-corrected chi connectivity index (χ4v) is 4.04. The van der Waals surface area contributed by atoms with E-state index < -0.39 is 15.7 Å². The van der Waals surface area contributed by atoms with Gasteiger partial charge in [0.15, 0.2) is 9.84 Å². The quantitative estimate of drug-likeness (QED) is 0.713. The van der Waals surface area contributed by atoms with Crippen molar-refractivity contribution < 1.29 is 17.2 Å². The van der Waals surface area contributed by atoms with Crippen LogP contribution in [0.4, 0.5) is 4.39 Å². The molecule has 0 fully saturated rings. The Balaban J connectivity index is 1.73. The van der Waals surface area contributed by atoms with Gasteiger partial charge in [0.25, 0.3) is 0 Å². The van der Waals surface area contributed by atoms with E-state index in [1.165, 1.54) is 41.9 Å². The van der Waals surface area contributed by atoms with E-state index in [0.29, 0.717) is 17.1 Å². The van der Waals surface area contributed by atoms with Crippen LogP contribution < -0.4 is 0 Å². The van der Waals surface area contributed by atoms with Crippen LogP contribution in [0.2, 0.25) is 0 Å². The van der Waals surface area contributed by atoms with E-state index in [0.717, 1.165) is 4.88 Å². The number of aromatic nitrogens is 1. The molecule has 0 saturated heterocycles. The number of rotatable bonds is 5. The zero-order chi connectivity index (χ0) is 15.6. The van der Waals surface area contributed by atoms with Gasteiger partial charge in [-0.1, -0.05) is 18.2 Å². The first kappa shape index (κ1) is 14.9. The van der Waals surface area contributed by atoms with Crippen molar-refractivity contribution in [2.45, 2.75) is 11.5 Å². The van der Waals surface area contributed by atoms with E-state index in [2.05, 4.69) is 4.98 Å². The minimum absolute atomic E-state index is 0.158. The van der Waals surface area contributed by atoms with Crippen LogP contribution in [0.15, 0.2) is 52.5 Å². The lowest BCUT2D eigenvalue weighted by Gasteiger charge is -2.02. The summed E-state index contributed by atoms with van der Waals surface area (Å²) in [4.78, 5) is 5.05. The highest BCUT2D eigenvalue weighted by atomic mass is 32.2. The van der Waals surface area contributed by atoms with Crippen molar-refractivity contribution in [2.24, 2.45) is 0 Å². The summed E-state index contributed by atoms with van der Waals surface area (Å²) in [5.41, 5.74) is 0.911. The first-order valence-corrected chi connectivity index (χ1v) is 9.15. The molecule has 0 radical (unpaired) electrons. The summed E-state index contributed by atoms with van der Waals surface area (Å²) in [5.74, 6) is -0.339. The molecule has 22 heavy (non-hydrogen) atoms. The number of benzene rings is 1. The molecule has 114 valence electrons. The molecule has 0 aliphatic carbocycles. The van der Waals surface area contributed by atoms with Gasteiger partial charge in [-0.15, -0.1) is 11.3 Å². The largest absolute Gasteiger partial charge is 0.444 e. The summed E-state index contributed by atoms with van der Waals surface area (Å²) in [6.07, 6.45) is 1.36. The van der Waals surface area contributed by atoms with Crippen LogP contribution in [0.3, 0.4) is 0 Å². The number of sulfone groups is 1. The zero-order valence-corrected chi connectivity index (χ0v) is 13.0. The van der Waals surface area contributed by atoms with Crippen LogP contribution in [0.25, 0.3) is 10.8 Å². The Bertz CT molecular complexity index is 853. The Morgan fingerprint density at radius 2 is 1.91 bits per heavy atom. The molecule has 0 spiro atoms. The Labute approximate surface area is 131 Å². The molecule has 0 bridgehead atoms. The van der Waals surface area contributed by atoms with E-state index in [-0.39, 0.29) is 11.5 Å². The van der Waals surface area contributed by atoms with Gasteiger partial charge in [0.2, 0.25) is 5.89 Å². The normalized spacial score (nSPS) is 11.7. The second kappa shape index (κ2) is 6.02. The predicted octanol–water partition coefficient (Wildman–Crippen LogP) is 3.66. The van der Waals surface area contributed by atoms with Crippen molar-refractivity contribution in [3.8, 4) is 10.8 Å². The first-order valence-electron chi connectivity index (χ1n) is 6.45. The van der Waals surface area contributed by atoms with Crippen molar-refractivity contribution in [1.82, 2.24) is 4.98 Å². The third-order valence-corrected chi connectivity index (χ3v) is 5.32. The smallest absolute Gasteiger partial charge is 0.236 e. The lowest BCUT2D eigenvalue weighted by atomic mass is 10.2. The third kappa shape index (κ3) is 3.61. The Hall–Kier alpha value is -1.99. The van der Waals surface area contributed by atoms with Gasteiger partial charge in [-0.2, -0.15) is 0 Å². The van der Waals surface area contributed by atoms with Crippen LogP contribution in [-0.4, -0.2) is 13.4 Å². The maximum Gasteiger partial charge on any atom is 0.236 e. The Morgan fingerprint density at radius 1 is 1.14 bits per heavy atom. The molecular formula is C15H12FNO3S2. The average molecular weight is 337 g/mol. The fourth-order valence-electron chi connectivity index (χ4n) is 2.00. The summed E-state index contributed by atoms with van der Waals surface area (Å²) < 4.78 is 42.5. The van der Waals surface area contributed by atoms with Crippen molar-refractivity contribution in [3.63, 3.8) is 0 Å². The second-order valence-electron chi connectivity index (χ2n) is 4.78. The number of thiophene rings is 1. The number of halogens is 1. The highest BCUT2D eigenvalue weighted by molar-refractivity contribution is 7.89. The van der Waals surface area contributed by atoms with Crippen molar-refractivity contribution in [1.29, 1.82) is 0 Å². The lowest BCUT2D eigenvalue weighted by Crippen LogP contribution is -2.08.